The Kier molecular flexibility index (Phi) is 4.93. The van der Waals surface area contributed by atoms with Crippen LogP contribution in [-0.2, 0) is 4.79 Å². The van der Waals surface area contributed by atoms with Gasteiger partial charge in [-0.2, -0.15) is 5.10 Å². The zero-order valence-electron chi connectivity index (χ0n) is 12.7. The largest absolute Gasteiger partial charge is 0.481 e. The number of nitrogens with zero attached hydrogens (tertiary/aromatic N) is 2. The number of aliphatic carboxylic acids is 1. The number of rotatable bonds is 6. The van der Waals surface area contributed by atoms with E-state index in [0.717, 1.165) is 11.4 Å². The van der Waals surface area contributed by atoms with Gasteiger partial charge in [0.2, 0.25) is 0 Å². The SMILES string of the molecule is Cc1nn(-c2ccccc2)c(C)c1C(=O)NCCCC(=O)O. The quantitative estimate of drug-likeness (QED) is 0.800. The molecule has 0 aliphatic rings. The minimum atomic E-state index is -0.862. The number of nitrogens with one attached hydrogen (secondary N) is 1. The summed E-state index contributed by atoms with van der Waals surface area (Å²) in [6.07, 6.45) is 0.452. The number of aromatic nitrogens is 2. The molecule has 0 saturated carbocycles. The molecule has 2 rings (SSSR count). The van der Waals surface area contributed by atoms with Crippen LogP contribution in [0.15, 0.2) is 30.3 Å². The van der Waals surface area contributed by atoms with Gasteiger partial charge in [-0.1, -0.05) is 18.2 Å². The van der Waals surface area contributed by atoms with Crippen LogP contribution in [0.5, 0.6) is 0 Å². The smallest absolute Gasteiger partial charge is 0.303 e. The Balaban J connectivity index is 2.13. The van der Waals surface area contributed by atoms with Gasteiger partial charge in [-0.05, 0) is 32.4 Å². The van der Waals surface area contributed by atoms with Crippen LogP contribution in [0.4, 0.5) is 0 Å². The summed E-state index contributed by atoms with van der Waals surface area (Å²) in [6, 6.07) is 9.60. The fraction of sp³-hybridized carbons (Fsp3) is 0.312. The van der Waals surface area contributed by atoms with E-state index in [1.54, 1.807) is 11.6 Å². The number of carboxylic acid groups (broad SMARTS) is 1. The second-order valence-electron chi connectivity index (χ2n) is 5.05. The van der Waals surface area contributed by atoms with Gasteiger partial charge in [0.1, 0.15) is 0 Å². The molecule has 2 aromatic rings. The number of carbonyl (C=O) groups excluding carboxylic acids is 1. The van der Waals surface area contributed by atoms with Crippen LogP contribution in [0, 0.1) is 13.8 Å². The van der Waals surface area contributed by atoms with Crippen LogP contribution in [-0.4, -0.2) is 33.3 Å². The topological polar surface area (TPSA) is 84.2 Å². The van der Waals surface area contributed by atoms with Gasteiger partial charge in [0.05, 0.1) is 22.6 Å². The zero-order chi connectivity index (χ0) is 16.1. The first-order chi connectivity index (χ1) is 10.5. The molecule has 0 aliphatic heterocycles. The lowest BCUT2D eigenvalue weighted by Gasteiger charge is -2.06. The molecule has 0 aliphatic carbocycles. The average Bonchev–Trinajstić information content (AvgIpc) is 2.79. The van der Waals surface area contributed by atoms with E-state index in [4.69, 9.17) is 5.11 Å². The number of carboxylic acids is 1. The maximum Gasteiger partial charge on any atom is 0.303 e. The van der Waals surface area contributed by atoms with E-state index >= 15 is 0 Å². The molecule has 0 radical (unpaired) electrons. The lowest BCUT2D eigenvalue weighted by atomic mass is 10.1. The van der Waals surface area contributed by atoms with Gasteiger partial charge in [0.25, 0.3) is 5.91 Å². The third kappa shape index (κ3) is 3.52. The summed E-state index contributed by atoms with van der Waals surface area (Å²) in [5, 5.41) is 15.8. The maximum atomic E-state index is 12.3. The standard InChI is InChI=1S/C16H19N3O3/c1-11-15(16(22)17-10-6-9-14(20)21)12(2)19(18-11)13-7-4-3-5-8-13/h3-5,7-8H,6,9-10H2,1-2H3,(H,17,22)(H,20,21). The fourth-order valence-corrected chi connectivity index (χ4v) is 2.32. The van der Waals surface area contributed by atoms with Gasteiger partial charge in [-0.3, -0.25) is 9.59 Å². The molecular weight excluding hydrogens is 282 g/mol. The molecule has 1 amide bonds. The highest BCUT2D eigenvalue weighted by molar-refractivity contribution is 5.96. The molecule has 2 N–H and O–H groups in total. The molecule has 1 aromatic carbocycles. The number of aryl methyl sites for hydroxylation is 1. The van der Waals surface area contributed by atoms with Gasteiger partial charge >= 0.3 is 5.97 Å². The number of hydrogen-bond acceptors (Lipinski definition) is 3. The number of hydrogen-bond donors (Lipinski definition) is 2. The van der Waals surface area contributed by atoms with E-state index < -0.39 is 5.97 Å². The Hall–Kier alpha value is -2.63. The van der Waals surface area contributed by atoms with Crippen LogP contribution in [0.3, 0.4) is 0 Å². The molecule has 6 heteroatoms. The summed E-state index contributed by atoms with van der Waals surface area (Å²) in [7, 11) is 0. The molecular formula is C16H19N3O3. The number of carbonyl (C=O) groups is 2. The highest BCUT2D eigenvalue weighted by atomic mass is 16.4. The van der Waals surface area contributed by atoms with E-state index in [2.05, 4.69) is 10.4 Å². The molecule has 0 unspecified atom stereocenters. The normalized spacial score (nSPS) is 10.5. The van der Waals surface area contributed by atoms with E-state index in [1.165, 1.54) is 0 Å². The van der Waals surface area contributed by atoms with Crippen molar-refractivity contribution < 1.29 is 14.7 Å². The fourth-order valence-electron chi connectivity index (χ4n) is 2.32. The van der Waals surface area contributed by atoms with Crippen molar-refractivity contribution in [1.29, 1.82) is 0 Å². The Morgan fingerprint density at radius 2 is 1.91 bits per heavy atom. The van der Waals surface area contributed by atoms with Crippen molar-refractivity contribution in [3.8, 4) is 5.69 Å². The molecule has 1 heterocycles. The van der Waals surface area contributed by atoms with Gasteiger partial charge < -0.3 is 10.4 Å². The maximum absolute atomic E-state index is 12.3. The lowest BCUT2D eigenvalue weighted by Crippen LogP contribution is -2.26. The summed E-state index contributed by atoms with van der Waals surface area (Å²) < 4.78 is 1.74. The van der Waals surface area contributed by atoms with Crippen LogP contribution in [0.1, 0.15) is 34.6 Å². The Bertz CT molecular complexity index is 677. The van der Waals surface area contributed by atoms with Crippen molar-refractivity contribution >= 4 is 11.9 Å². The van der Waals surface area contributed by atoms with Gasteiger partial charge in [-0.25, -0.2) is 4.68 Å². The van der Waals surface area contributed by atoms with Crippen molar-refractivity contribution in [1.82, 2.24) is 15.1 Å². The minimum absolute atomic E-state index is 0.0432. The first-order valence-electron chi connectivity index (χ1n) is 7.12. The Labute approximate surface area is 128 Å². The molecule has 6 nitrogen and oxygen atoms in total. The van der Waals surface area contributed by atoms with Gasteiger partial charge in [0.15, 0.2) is 0 Å². The first-order valence-corrected chi connectivity index (χ1v) is 7.12. The molecule has 1 aromatic heterocycles. The molecule has 0 fully saturated rings. The van der Waals surface area contributed by atoms with Crippen LogP contribution in [0.25, 0.3) is 5.69 Å². The third-order valence-corrected chi connectivity index (χ3v) is 3.37. The lowest BCUT2D eigenvalue weighted by molar-refractivity contribution is -0.137. The van der Waals surface area contributed by atoms with Crippen LogP contribution < -0.4 is 5.32 Å². The summed E-state index contributed by atoms with van der Waals surface area (Å²) in [5.41, 5.74) is 2.85. The molecule has 0 spiro atoms. The van der Waals surface area contributed by atoms with Crippen molar-refractivity contribution in [2.75, 3.05) is 6.54 Å². The third-order valence-electron chi connectivity index (χ3n) is 3.37. The van der Waals surface area contributed by atoms with Crippen molar-refractivity contribution in [3.05, 3.63) is 47.3 Å². The van der Waals surface area contributed by atoms with E-state index in [-0.39, 0.29) is 12.3 Å². The van der Waals surface area contributed by atoms with Crippen molar-refractivity contribution in [2.45, 2.75) is 26.7 Å². The first kappa shape index (κ1) is 15.8. The molecule has 0 atom stereocenters. The van der Waals surface area contributed by atoms with E-state index in [1.807, 2.05) is 37.3 Å². The summed E-state index contributed by atoms with van der Waals surface area (Å²) in [4.78, 5) is 22.7. The van der Waals surface area contributed by atoms with Gasteiger partial charge in [-0.15, -0.1) is 0 Å². The second kappa shape index (κ2) is 6.89. The van der Waals surface area contributed by atoms with Gasteiger partial charge in [0, 0.05) is 13.0 Å². The van der Waals surface area contributed by atoms with Crippen LogP contribution >= 0.6 is 0 Å². The highest BCUT2D eigenvalue weighted by Crippen LogP contribution is 2.17. The van der Waals surface area contributed by atoms with Crippen molar-refractivity contribution in [2.24, 2.45) is 0 Å². The predicted molar refractivity (Wildman–Crippen MR) is 82.2 cm³/mol. The average molecular weight is 301 g/mol. The minimum Gasteiger partial charge on any atom is -0.481 e. The molecule has 0 bridgehead atoms. The van der Waals surface area contributed by atoms with E-state index in [9.17, 15) is 9.59 Å². The Morgan fingerprint density at radius 3 is 2.55 bits per heavy atom. The summed E-state index contributed by atoms with van der Waals surface area (Å²) in [5.74, 6) is -1.08. The molecule has 22 heavy (non-hydrogen) atoms. The summed E-state index contributed by atoms with van der Waals surface area (Å²) >= 11 is 0. The van der Waals surface area contributed by atoms with Crippen molar-refractivity contribution in [3.63, 3.8) is 0 Å². The number of para-hydroxylation sites is 1. The van der Waals surface area contributed by atoms with E-state index in [0.29, 0.717) is 24.2 Å². The second-order valence-corrected chi connectivity index (χ2v) is 5.05. The Morgan fingerprint density at radius 1 is 1.23 bits per heavy atom. The predicted octanol–water partition coefficient (Wildman–Crippen LogP) is 2.08. The molecule has 116 valence electrons. The number of benzene rings is 1. The monoisotopic (exact) mass is 301 g/mol. The number of amides is 1. The zero-order valence-corrected chi connectivity index (χ0v) is 12.7. The molecule has 0 saturated heterocycles. The van der Waals surface area contributed by atoms with Crippen LogP contribution in [0.2, 0.25) is 0 Å². The highest BCUT2D eigenvalue weighted by Gasteiger charge is 2.18. The summed E-state index contributed by atoms with van der Waals surface area (Å²) in [6.45, 7) is 3.97.